The number of anilines is 1. The largest absolute Gasteiger partial charge is 0.321 e. The Bertz CT molecular complexity index is 781. The summed E-state index contributed by atoms with van der Waals surface area (Å²) in [5, 5.41) is 3.30. The van der Waals surface area contributed by atoms with Gasteiger partial charge in [0.25, 0.3) is 5.91 Å². The maximum absolute atomic E-state index is 12.2. The van der Waals surface area contributed by atoms with Crippen LogP contribution in [0.2, 0.25) is 5.02 Å². The van der Waals surface area contributed by atoms with Crippen molar-refractivity contribution in [1.29, 1.82) is 0 Å². The molecule has 0 bridgehead atoms. The van der Waals surface area contributed by atoms with Crippen molar-refractivity contribution in [2.75, 3.05) is 5.32 Å². The van der Waals surface area contributed by atoms with Gasteiger partial charge >= 0.3 is 0 Å². The summed E-state index contributed by atoms with van der Waals surface area (Å²) in [6.07, 6.45) is 1.36. The summed E-state index contributed by atoms with van der Waals surface area (Å²) in [6, 6.07) is 12.0. The van der Waals surface area contributed by atoms with Crippen LogP contribution >= 0.6 is 27.5 Å². The predicted molar refractivity (Wildman–Crippen MR) is 86.5 cm³/mol. The van der Waals surface area contributed by atoms with Gasteiger partial charge in [-0.15, -0.1) is 0 Å². The third kappa shape index (κ3) is 2.77. The van der Waals surface area contributed by atoms with Crippen molar-refractivity contribution in [2.45, 2.75) is 0 Å². The van der Waals surface area contributed by atoms with Crippen molar-refractivity contribution in [2.24, 2.45) is 0 Å². The number of amides is 1. The topological polar surface area (TPSA) is 46.2 Å². The second-order valence-electron chi connectivity index (χ2n) is 4.57. The third-order valence-electron chi connectivity index (χ3n) is 3.17. The lowest BCUT2D eigenvalue weighted by Crippen LogP contribution is -2.05. The Balaban J connectivity index is 2.00. The molecule has 3 rings (SSSR count). The van der Waals surface area contributed by atoms with Crippen molar-refractivity contribution >= 4 is 50.5 Å². The minimum absolute atomic E-state index is 0.232. The first-order chi connectivity index (χ1) is 10.0. The molecule has 0 saturated carbocycles. The molecule has 1 N–H and O–H groups in total. The molecule has 0 aromatic heterocycles. The maximum Gasteiger partial charge on any atom is 0.256 e. The van der Waals surface area contributed by atoms with Gasteiger partial charge in [-0.05, 0) is 48.5 Å². The second-order valence-corrected chi connectivity index (χ2v) is 5.93. The fraction of sp³-hybridized carbons (Fsp3) is 0. The van der Waals surface area contributed by atoms with Gasteiger partial charge in [0.1, 0.15) is 0 Å². The number of ketones is 1. The molecule has 2 aromatic rings. The molecule has 21 heavy (non-hydrogen) atoms. The number of benzene rings is 2. The predicted octanol–water partition coefficient (Wildman–Crippen LogP) is 4.32. The van der Waals surface area contributed by atoms with Crippen LogP contribution < -0.4 is 5.32 Å². The van der Waals surface area contributed by atoms with E-state index < -0.39 is 0 Å². The number of carbonyl (C=O) groups excluding carboxylic acids is 2. The fourth-order valence-electron chi connectivity index (χ4n) is 2.13. The van der Waals surface area contributed by atoms with Crippen LogP contribution in [0.15, 0.2) is 53.0 Å². The molecule has 0 spiro atoms. The molecule has 1 amide bonds. The molecule has 0 unspecified atom stereocenters. The number of halogens is 2. The Kier molecular flexibility index (Phi) is 3.66. The Morgan fingerprint density at radius 1 is 1.14 bits per heavy atom. The van der Waals surface area contributed by atoms with Crippen LogP contribution in [0.3, 0.4) is 0 Å². The van der Waals surface area contributed by atoms with Gasteiger partial charge in [-0.2, -0.15) is 0 Å². The molecule has 104 valence electrons. The number of allylic oxidation sites excluding steroid dienone is 1. The van der Waals surface area contributed by atoms with Crippen LogP contribution in [0.5, 0.6) is 0 Å². The smallest absolute Gasteiger partial charge is 0.256 e. The van der Waals surface area contributed by atoms with E-state index in [1.165, 1.54) is 6.08 Å². The highest BCUT2D eigenvalue weighted by atomic mass is 79.9. The van der Waals surface area contributed by atoms with Crippen LogP contribution in [0, 0.1) is 0 Å². The summed E-state index contributed by atoms with van der Waals surface area (Å²) in [4.78, 5) is 24.2. The minimum atomic E-state index is -0.273. The number of hydrogen-bond acceptors (Lipinski definition) is 2. The summed E-state index contributed by atoms with van der Waals surface area (Å²) in [5.74, 6) is -0.505. The average Bonchev–Trinajstić information content (AvgIpc) is 2.76. The second kappa shape index (κ2) is 5.47. The molecule has 5 heteroatoms. The van der Waals surface area contributed by atoms with E-state index in [-0.39, 0.29) is 11.7 Å². The van der Waals surface area contributed by atoms with Crippen molar-refractivity contribution in [3.8, 4) is 0 Å². The molecule has 0 atom stereocenters. The van der Waals surface area contributed by atoms with Crippen LogP contribution in [0.25, 0.3) is 5.57 Å². The SMILES string of the molecule is O=C1Nc2ccc(Br)cc2C1=CC(=O)c1ccc(Cl)cc1. The van der Waals surface area contributed by atoms with E-state index >= 15 is 0 Å². The molecule has 0 saturated heterocycles. The standard InChI is InChI=1S/C16H9BrClNO2/c17-10-3-6-14-12(7-10)13(16(21)19-14)8-15(20)9-1-4-11(18)5-2-9/h1-8H,(H,19,21). The lowest BCUT2D eigenvalue weighted by atomic mass is 10.0. The zero-order valence-electron chi connectivity index (χ0n) is 10.7. The lowest BCUT2D eigenvalue weighted by molar-refractivity contribution is -0.110. The number of fused-ring (bicyclic) bond motifs is 1. The zero-order valence-corrected chi connectivity index (χ0v) is 13.0. The van der Waals surface area contributed by atoms with E-state index in [0.29, 0.717) is 21.8 Å². The van der Waals surface area contributed by atoms with Crippen LogP contribution in [0.4, 0.5) is 5.69 Å². The summed E-state index contributed by atoms with van der Waals surface area (Å²) >= 11 is 9.16. The molecule has 0 fully saturated rings. The first-order valence-corrected chi connectivity index (χ1v) is 7.34. The monoisotopic (exact) mass is 361 g/mol. The van der Waals surface area contributed by atoms with Crippen molar-refractivity contribution in [3.05, 3.63) is 69.2 Å². The molecule has 3 nitrogen and oxygen atoms in total. The van der Waals surface area contributed by atoms with Crippen molar-refractivity contribution in [3.63, 3.8) is 0 Å². The molecule has 0 radical (unpaired) electrons. The molecular formula is C16H9BrClNO2. The number of nitrogens with one attached hydrogen (secondary N) is 1. The molecule has 2 aromatic carbocycles. The van der Waals surface area contributed by atoms with Crippen LogP contribution in [0.1, 0.15) is 15.9 Å². The average molecular weight is 363 g/mol. The van der Waals surface area contributed by atoms with Gasteiger partial charge < -0.3 is 5.32 Å². The van der Waals surface area contributed by atoms with E-state index in [4.69, 9.17) is 11.6 Å². The van der Waals surface area contributed by atoms with Crippen molar-refractivity contribution < 1.29 is 9.59 Å². The Morgan fingerprint density at radius 3 is 2.57 bits per heavy atom. The summed E-state index contributed by atoms with van der Waals surface area (Å²) in [7, 11) is 0. The van der Waals surface area contributed by atoms with Gasteiger partial charge in [-0.25, -0.2) is 0 Å². The van der Waals surface area contributed by atoms with Gasteiger partial charge in [0.05, 0.1) is 5.57 Å². The first-order valence-electron chi connectivity index (χ1n) is 6.17. The molecule has 1 aliphatic heterocycles. The van der Waals surface area contributed by atoms with Gasteiger partial charge in [-0.3, -0.25) is 9.59 Å². The first kappa shape index (κ1) is 14.0. The zero-order chi connectivity index (χ0) is 15.0. The quantitative estimate of drug-likeness (QED) is 0.639. The lowest BCUT2D eigenvalue weighted by Gasteiger charge is -2.00. The number of carbonyl (C=O) groups is 2. The van der Waals surface area contributed by atoms with E-state index in [1.54, 1.807) is 30.3 Å². The fourth-order valence-corrected chi connectivity index (χ4v) is 2.62. The van der Waals surface area contributed by atoms with E-state index in [2.05, 4.69) is 21.2 Å². The maximum atomic E-state index is 12.2. The Hall–Kier alpha value is -1.91. The van der Waals surface area contributed by atoms with E-state index in [1.807, 2.05) is 12.1 Å². The van der Waals surface area contributed by atoms with Crippen molar-refractivity contribution in [1.82, 2.24) is 0 Å². The molecule has 0 aliphatic carbocycles. The normalized spacial score (nSPS) is 15.0. The van der Waals surface area contributed by atoms with Gasteiger partial charge in [0.2, 0.25) is 0 Å². The third-order valence-corrected chi connectivity index (χ3v) is 3.91. The number of rotatable bonds is 2. The minimum Gasteiger partial charge on any atom is -0.321 e. The summed E-state index contributed by atoms with van der Waals surface area (Å²) in [5.41, 5.74) is 2.28. The van der Waals surface area contributed by atoms with Gasteiger partial charge in [-0.1, -0.05) is 27.5 Å². The van der Waals surface area contributed by atoms with E-state index in [0.717, 1.165) is 10.0 Å². The molecular weight excluding hydrogens is 354 g/mol. The van der Waals surface area contributed by atoms with E-state index in [9.17, 15) is 9.59 Å². The highest BCUT2D eigenvalue weighted by Crippen LogP contribution is 2.34. The summed E-state index contributed by atoms with van der Waals surface area (Å²) < 4.78 is 0.850. The summed E-state index contributed by atoms with van der Waals surface area (Å²) in [6.45, 7) is 0. The highest BCUT2D eigenvalue weighted by molar-refractivity contribution is 9.10. The Labute approximate surface area is 134 Å². The van der Waals surface area contributed by atoms with Crippen LogP contribution in [-0.4, -0.2) is 11.7 Å². The van der Waals surface area contributed by atoms with Crippen LogP contribution in [-0.2, 0) is 4.79 Å². The number of hydrogen-bond donors (Lipinski definition) is 1. The molecule has 1 aliphatic rings. The van der Waals surface area contributed by atoms with Gasteiger partial charge in [0.15, 0.2) is 5.78 Å². The Morgan fingerprint density at radius 2 is 1.86 bits per heavy atom. The van der Waals surface area contributed by atoms with Gasteiger partial charge in [0, 0.05) is 26.3 Å². The molecule has 1 heterocycles. The highest BCUT2D eigenvalue weighted by Gasteiger charge is 2.25.